The average Bonchev–Trinajstić information content (AvgIpc) is 2.54. The Morgan fingerprint density at radius 3 is 2.65 bits per heavy atom. The molecule has 0 aliphatic heterocycles. The van der Waals surface area contributed by atoms with Crippen molar-refractivity contribution in [3.8, 4) is 0 Å². The molecule has 3 amide bonds. The van der Waals surface area contributed by atoms with E-state index in [0.29, 0.717) is 22.0 Å². The number of amides is 3. The predicted molar refractivity (Wildman–Crippen MR) is 89.6 cm³/mol. The quantitative estimate of drug-likeness (QED) is 0.904. The Bertz CT molecular complexity index is 719. The number of nitrogens with zero attached hydrogens (tertiary/aromatic N) is 2. The number of anilines is 1. The zero-order valence-electron chi connectivity index (χ0n) is 12.8. The smallest absolute Gasteiger partial charge is 0.317 e. The van der Waals surface area contributed by atoms with Gasteiger partial charge in [0.2, 0.25) is 0 Å². The van der Waals surface area contributed by atoms with E-state index in [1.807, 2.05) is 0 Å². The van der Waals surface area contributed by atoms with Crippen molar-refractivity contribution in [1.82, 2.24) is 15.2 Å². The molecule has 2 aromatic rings. The number of para-hydroxylation sites is 1. The summed E-state index contributed by atoms with van der Waals surface area (Å²) >= 11 is 6.02. The molecular weight excluding hydrogens is 316 g/mol. The maximum atomic E-state index is 12.3. The Morgan fingerprint density at radius 1 is 1.22 bits per heavy atom. The van der Waals surface area contributed by atoms with Crippen LogP contribution in [0.3, 0.4) is 0 Å². The van der Waals surface area contributed by atoms with E-state index < -0.39 is 0 Å². The third-order valence-corrected chi connectivity index (χ3v) is 3.36. The lowest BCUT2D eigenvalue weighted by atomic mass is 10.2. The van der Waals surface area contributed by atoms with Gasteiger partial charge in [-0.2, -0.15) is 0 Å². The highest BCUT2D eigenvalue weighted by Gasteiger charge is 2.10. The molecule has 120 valence electrons. The van der Waals surface area contributed by atoms with Crippen molar-refractivity contribution in [1.29, 1.82) is 0 Å². The van der Waals surface area contributed by atoms with Gasteiger partial charge in [-0.25, -0.2) is 4.79 Å². The zero-order chi connectivity index (χ0) is 16.8. The van der Waals surface area contributed by atoms with Gasteiger partial charge >= 0.3 is 6.03 Å². The van der Waals surface area contributed by atoms with Crippen molar-refractivity contribution in [3.05, 3.63) is 58.9 Å². The van der Waals surface area contributed by atoms with Crippen LogP contribution in [-0.2, 0) is 6.54 Å². The van der Waals surface area contributed by atoms with Crippen LogP contribution in [0.1, 0.15) is 16.1 Å². The number of hydrogen-bond donors (Lipinski definition) is 2. The van der Waals surface area contributed by atoms with E-state index in [2.05, 4.69) is 15.6 Å². The first-order valence-corrected chi connectivity index (χ1v) is 7.31. The van der Waals surface area contributed by atoms with Gasteiger partial charge in [-0.15, -0.1) is 0 Å². The van der Waals surface area contributed by atoms with Crippen molar-refractivity contribution < 1.29 is 9.59 Å². The second kappa shape index (κ2) is 7.60. The molecule has 0 bridgehead atoms. The van der Waals surface area contributed by atoms with Gasteiger partial charge in [-0.3, -0.25) is 9.78 Å². The maximum absolute atomic E-state index is 12.3. The Hall–Kier alpha value is -2.60. The molecule has 1 aromatic carbocycles. The van der Waals surface area contributed by atoms with E-state index in [9.17, 15) is 9.59 Å². The molecule has 0 radical (unpaired) electrons. The van der Waals surface area contributed by atoms with Crippen LogP contribution in [0.5, 0.6) is 0 Å². The number of nitrogens with one attached hydrogen (secondary N) is 2. The number of aromatic nitrogens is 1. The van der Waals surface area contributed by atoms with E-state index in [0.717, 1.165) is 0 Å². The molecule has 7 heteroatoms. The average molecular weight is 333 g/mol. The fourth-order valence-corrected chi connectivity index (χ4v) is 1.98. The first kappa shape index (κ1) is 16.8. The molecule has 0 unspecified atom stereocenters. The van der Waals surface area contributed by atoms with Crippen LogP contribution in [0, 0.1) is 0 Å². The third-order valence-electron chi connectivity index (χ3n) is 3.03. The molecule has 0 saturated carbocycles. The second-order valence-corrected chi connectivity index (χ2v) is 5.43. The van der Waals surface area contributed by atoms with Crippen LogP contribution in [0.25, 0.3) is 0 Å². The number of halogens is 1. The predicted octanol–water partition coefficient (Wildman–Crippen LogP) is 2.76. The Balaban J connectivity index is 2.05. The lowest BCUT2D eigenvalue weighted by Crippen LogP contribution is -2.34. The van der Waals surface area contributed by atoms with E-state index in [1.165, 1.54) is 11.1 Å². The van der Waals surface area contributed by atoms with Gasteiger partial charge in [0.25, 0.3) is 5.91 Å². The number of carbonyl (C=O) groups excluding carboxylic acids is 2. The number of carbonyl (C=O) groups is 2. The molecule has 0 saturated heterocycles. The molecule has 0 aliphatic rings. The molecule has 1 aromatic heterocycles. The first-order valence-electron chi connectivity index (χ1n) is 6.93. The molecular formula is C16H17ClN4O2. The van der Waals surface area contributed by atoms with Crippen LogP contribution in [0.2, 0.25) is 5.02 Å². The van der Waals surface area contributed by atoms with E-state index in [-0.39, 0.29) is 18.5 Å². The molecule has 6 nitrogen and oxygen atoms in total. The molecule has 0 spiro atoms. The van der Waals surface area contributed by atoms with Gasteiger partial charge in [0.1, 0.15) is 0 Å². The van der Waals surface area contributed by atoms with Crippen molar-refractivity contribution in [3.63, 3.8) is 0 Å². The van der Waals surface area contributed by atoms with Crippen LogP contribution < -0.4 is 10.6 Å². The second-order valence-electron chi connectivity index (χ2n) is 5.02. The Labute approximate surface area is 139 Å². The lowest BCUT2D eigenvalue weighted by molar-refractivity contribution is 0.102. The minimum atomic E-state index is -0.291. The van der Waals surface area contributed by atoms with Crippen LogP contribution in [-0.4, -0.2) is 35.9 Å². The van der Waals surface area contributed by atoms with E-state index in [1.54, 1.807) is 50.5 Å². The Kier molecular flexibility index (Phi) is 5.54. The van der Waals surface area contributed by atoms with E-state index in [4.69, 9.17) is 11.6 Å². The lowest BCUT2D eigenvalue weighted by Gasteiger charge is -2.12. The summed E-state index contributed by atoms with van der Waals surface area (Å²) in [5, 5.41) is 5.90. The highest BCUT2D eigenvalue weighted by Crippen LogP contribution is 2.21. The molecule has 23 heavy (non-hydrogen) atoms. The van der Waals surface area contributed by atoms with Gasteiger partial charge < -0.3 is 15.5 Å². The van der Waals surface area contributed by atoms with Gasteiger partial charge in [0, 0.05) is 25.9 Å². The number of rotatable bonds is 4. The summed E-state index contributed by atoms with van der Waals surface area (Å²) in [5.41, 5.74) is 1.57. The van der Waals surface area contributed by atoms with E-state index >= 15 is 0 Å². The highest BCUT2D eigenvalue weighted by atomic mass is 35.5. The first-order chi connectivity index (χ1) is 11.0. The van der Waals surface area contributed by atoms with Crippen molar-refractivity contribution in [2.24, 2.45) is 0 Å². The largest absolute Gasteiger partial charge is 0.332 e. The monoisotopic (exact) mass is 332 g/mol. The minimum absolute atomic E-state index is 0.224. The Morgan fingerprint density at radius 2 is 1.96 bits per heavy atom. The number of benzene rings is 1. The summed E-state index contributed by atoms with van der Waals surface area (Å²) in [7, 11) is 3.30. The third kappa shape index (κ3) is 4.69. The molecule has 0 atom stereocenters. The van der Waals surface area contributed by atoms with Crippen LogP contribution in [0.4, 0.5) is 10.5 Å². The van der Waals surface area contributed by atoms with Gasteiger partial charge in [-0.1, -0.05) is 23.7 Å². The van der Waals surface area contributed by atoms with Crippen molar-refractivity contribution in [2.45, 2.75) is 6.54 Å². The number of urea groups is 1. The fraction of sp³-hybridized carbons (Fsp3) is 0.188. The van der Waals surface area contributed by atoms with Crippen molar-refractivity contribution in [2.75, 3.05) is 19.4 Å². The van der Waals surface area contributed by atoms with Gasteiger partial charge in [0.05, 0.1) is 22.9 Å². The molecule has 0 fully saturated rings. The molecule has 0 aliphatic carbocycles. The summed E-state index contributed by atoms with van der Waals surface area (Å²) in [6.45, 7) is 0.240. The fourth-order valence-electron chi connectivity index (χ4n) is 1.80. The van der Waals surface area contributed by atoms with Gasteiger partial charge in [-0.05, 0) is 24.3 Å². The summed E-state index contributed by atoms with van der Waals surface area (Å²) < 4.78 is 0. The summed E-state index contributed by atoms with van der Waals surface area (Å²) in [6.07, 6.45) is 1.53. The van der Waals surface area contributed by atoms with Gasteiger partial charge in [0.15, 0.2) is 0 Å². The standard InChI is InChI=1S/C16H17ClN4O2/c1-21(2)16(23)19-10-12-9-11(7-8-18-12)15(22)20-14-6-4-3-5-13(14)17/h3-9H,10H2,1-2H3,(H,19,23)(H,20,22). The van der Waals surface area contributed by atoms with Crippen LogP contribution >= 0.6 is 11.6 Å². The minimum Gasteiger partial charge on any atom is -0.332 e. The topological polar surface area (TPSA) is 74.3 Å². The SMILES string of the molecule is CN(C)C(=O)NCc1cc(C(=O)Nc2ccccc2Cl)ccn1. The zero-order valence-corrected chi connectivity index (χ0v) is 13.6. The number of hydrogen-bond acceptors (Lipinski definition) is 3. The normalized spacial score (nSPS) is 10.0. The highest BCUT2D eigenvalue weighted by molar-refractivity contribution is 6.33. The number of pyridine rings is 1. The summed E-state index contributed by atoms with van der Waals surface area (Å²) in [4.78, 5) is 29.3. The summed E-state index contributed by atoms with van der Waals surface area (Å²) in [6, 6.07) is 10.0. The van der Waals surface area contributed by atoms with Crippen molar-refractivity contribution >= 4 is 29.2 Å². The maximum Gasteiger partial charge on any atom is 0.317 e. The molecule has 2 N–H and O–H groups in total. The molecule has 2 rings (SSSR count). The van der Waals surface area contributed by atoms with Crippen LogP contribution in [0.15, 0.2) is 42.6 Å². The molecule has 1 heterocycles. The summed E-state index contributed by atoms with van der Waals surface area (Å²) in [5.74, 6) is -0.291.